The Hall–Kier alpha value is -4.94. The summed E-state index contributed by atoms with van der Waals surface area (Å²) < 4.78 is 5.82. The topological polar surface area (TPSA) is 121 Å². The second-order valence-electron chi connectivity index (χ2n) is 14.2. The highest BCUT2D eigenvalue weighted by atomic mass is 32.2. The molecular weight excluding hydrogens is 689 g/mol. The molecule has 11 nitrogen and oxygen atoms in total. The molecule has 4 heterocycles. The van der Waals surface area contributed by atoms with E-state index in [9.17, 15) is 9.90 Å². The van der Waals surface area contributed by atoms with Crippen LogP contribution in [0.4, 0.5) is 5.69 Å². The van der Waals surface area contributed by atoms with E-state index in [4.69, 9.17) is 4.74 Å². The molecule has 2 bridgehead atoms. The summed E-state index contributed by atoms with van der Waals surface area (Å²) in [6.45, 7) is 12.6. The maximum Gasteiger partial charge on any atom is 0.248 e. The van der Waals surface area contributed by atoms with Crippen LogP contribution >= 0.6 is 11.8 Å². The number of nitrogens with zero attached hydrogens (tertiary/aromatic N) is 6. The number of para-hydroxylation sites is 1. The lowest BCUT2D eigenvalue weighted by Gasteiger charge is -2.39. The first-order valence-corrected chi connectivity index (χ1v) is 19.0. The number of benzene rings is 3. The number of aliphatic hydroxyl groups is 1. The molecule has 0 radical (unpaired) electrons. The normalized spacial score (nSPS) is 24.9. The largest absolute Gasteiger partial charge is 0.494 e. The summed E-state index contributed by atoms with van der Waals surface area (Å²) in [6, 6.07) is 22.9. The Morgan fingerprint density at radius 2 is 1.74 bits per heavy atom. The maximum absolute atomic E-state index is 15.3. The molecule has 0 aliphatic carbocycles. The van der Waals surface area contributed by atoms with Crippen LogP contribution in [0, 0.1) is 11.8 Å². The third-order valence-electron chi connectivity index (χ3n) is 11.1. The van der Waals surface area contributed by atoms with E-state index in [-0.39, 0.29) is 44.1 Å². The second-order valence-corrected chi connectivity index (χ2v) is 16.1. The van der Waals surface area contributed by atoms with Crippen molar-refractivity contribution in [1.29, 1.82) is 0 Å². The number of carbonyl (C=O) groups excluding carboxylic acids is 3. The summed E-state index contributed by atoms with van der Waals surface area (Å²) in [5.41, 5.74) is 3.08. The van der Waals surface area contributed by atoms with Crippen LogP contribution in [0.3, 0.4) is 0 Å². The van der Waals surface area contributed by atoms with Crippen molar-refractivity contribution in [1.82, 2.24) is 24.8 Å². The Morgan fingerprint density at radius 1 is 1.02 bits per heavy atom. The SMILES string of the molecule is C=CCN(Cn1nnc2ccccc21)C(=O)C1N([C@@H](CO)Cc2ccccc2)C(=O)[C@@H]2[C@@H](C(=O)N(CC=C)c3ccc(OCC)cc3)[C@@]3(C)CCC12S3. The third kappa shape index (κ3) is 6.31. The summed E-state index contributed by atoms with van der Waals surface area (Å²) in [7, 11) is 0. The van der Waals surface area contributed by atoms with Gasteiger partial charge in [-0.2, -0.15) is 0 Å². The average molecular weight is 735 g/mol. The van der Waals surface area contributed by atoms with Gasteiger partial charge in [0.1, 0.15) is 24.0 Å². The van der Waals surface area contributed by atoms with Gasteiger partial charge >= 0.3 is 0 Å². The number of anilines is 1. The van der Waals surface area contributed by atoms with Crippen LogP contribution in [0.2, 0.25) is 0 Å². The van der Waals surface area contributed by atoms with Gasteiger partial charge in [0.15, 0.2) is 0 Å². The van der Waals surface area contributed by atoms with E-state index in [0.717, 1.165) is 11.1 Å². The summed E-state index contributed by atoms with van der Waals surface area (Å²) in [4.78, 5) is 50.5. The molecule has 2 unspecified atom stereocenters. The van der Waals surface area contributed by atoms with Gasteiger partial charge in [0.2, 0.25) is 17.7 Å². The van der Waals surface area contributed by atoms with Gasteiger partial charge in [-0.15, -0.1) is 30.0 Å². The molecular formula is C41H46N6O5S. The second kappa shape index (κ2) is 14.8. The van der Waals surface area contributed by atoms with Crippen LogP contribution in [0.1, 0.15) is 32.3 Å². The van der Waals surface area contributed by atoms with E-state index in [1.54, 1.807) is 43.3 Å². The zero-order valence-electron chi connectivity index (χ0n) is 30.2. The number of hydrogen-bond acceptors (Lipinski definition) is 8. The number of fused-ring (bicyclic) bond motifs is 2. The number of rotatable bonds is 15. The number of likely N-dealkylation sites (tertiary alicyclic amines) is 1. The minimum atomic E-state index is -0.946. The number of aliphatic hydroxyl groups excluding tert-OH is 1. The lowest BCUT2D eigenvalue weighted by molar-refractivity contribution is -0.146. The fourth-order valence-electron chi connectivity index (χ4n) is 8.79. The molecule has 3 aliphatic heterocycles. The Morgan fingerprint density at radius 3 is 2.43 bits per heavy atom. The summed E-state index contributed by atoms with van der Waals surface area (Å²) in [5, 5.41) is 19.6. The van der Waals surface area contributed by atoms with Crippen molar-refractivity contribution in [3.05, 3.63) is 110 Å². The van der Waals surface area contributed by atoms with E-state index in [1.807, 2.05) is 85.8 Å². The molecule has 3 saturated heterocycles. The Bertz CT molecular complexity index is 2000. The van der Waals surface area contributed by atoms with Crippen molar-refractivity contribution in [3.8, 4) is 5.75 Å². The van der Waals surface area contributed by atoms with Crippen LogP contribution in [0.15, 0.2) is 104 Å². The van der Waals surface area contributed by atoms with Gasteiger partial charge in [0, 0.05) is 23.5 Å². The lowest BCUT2D eigenvalue weighted by Crippen LogP contribution is -2.58. The zero-order valence-corrected chi connectivity index (χ0v) is 31.0. The number of hydrogen-bond donors (Lipinski definition) is 1. The third-order valence-corrected chi connectivity index (χ3v) is 13.0. The molecule has 53 heavy (non-hydrogen) atoms. The number of carbonyl (C=O) groups is 3. The maximum atomic E-state index is 15.3. The molecule has 276 valence electrons. The van der Waals surface area contributed by atoms with Crippen LogP contribution in [0.25, 0.3) is 11.0 Å². The van der Waals surface area contributed by atoms with Crippen molar-refractivity contribution >= 4 is 46.2 Å². The van der Waals surface area contributed by atoms with E-state index < -0.39 is 33.4 Å². The summed E-state index contributed by atoms with van der Waals surface area (Å²) >= 11 is 1.61. The molecule has 7 rings (SSSR count). The Labute approximate surface area is 314 Å². The smallest absolute Gasteiger partial charge is 0.248 e. The van der Waals surface area contributed by atoms with Gasteiger partial charge in [-0.3, -0.25) is 14.4 Å². The molecule has 3 aliphatic rings. The van der Waals surface area contributed by atoms with Crippen molar-refractivity contribution in [2.24, 2.45) is 11.8 Å². The van der Waals surface area contributed by atoms with Gasteiger partial charge in [-0.1, -0.05) is 59.8 Å². The molecule has 12 heteroatoms. The molecule has 0 saturated carbocycles. The van der Waals surface area contributed by atoms with Gasteiger partial charge < -0.3 is 24.5 Å². The lowest BCUT2D eigenvalue weighted by atomic mass is 9.66. The highest BCUT2D eigenvalue weighted by Crippen LogP contribution is 2.72. The fraction of sp³-hybridized carbons (Fsp3) is 0.390. The zero-order chi connectivity index (χ0) is 37.3. The molecule has 3 amide bonds. The number of amides is 3. The number of thioether (sulfide) groups is 1. The fourth-order valence-corrected chi connectivity index (χ4v) is 11.1. The monoisotopic (exact) mass is 734 g/mol. The van der Waals surface area contributed by atoms with Gasteiger partial charge in [0.25, 0.3) is 0 Å². The minimum absolute atomic E-state index is 0.0856. The van der Waals surface area contributed by atoms with Crippen molar-refractivity contribution in [2.75, 3.05) is 31.2 Å². The summed E-state index contributed by atoms with van der Waals surface area (Å²) in [6.07, 6.45) is 4.92. The summed E-state index contributed by atoms with van der Waals surface area (Å²) in [5.74, 6) is -1.54. The van der Waals surface area contributed by atoms with Gasteiger partial charge in [-0.05, 0) is 75.1 Å². The van der Waals surface area contributed by atoms with E-state index >= 15 is 9.59 Å². The predicted molar refractivity (Wildman–Crippen MR) is 206 cm³/mol. The quantitative estimate of drug-likeness (QED) is 0.168. The molecule has 3 fully saturated rings. The highest BCUT2D eigenvalue weighted by Gasteiger charge is 2.78. The van der Waals surface area contributed by atoms with Crippen LogP contribution < -0.4 is 9.64 Å². The number of aromatic nitrogens is 3. The number of ether oxygens (including phenoxy) is 1. The molecule has 1 N–H and O–H groups in total. The molecule has 1 aromatic heterocycles. The molecule has 3 aromatic carbocycles. The highest BCUT2D eigenvalue weighted by molar-refractivity contribution is 8.02. The first-order chi connectivity index (χ1) is 25.7. The van der Waals surface area contributed by atoms with E-state index in [1.165, 1.54) is 0 Å². The van der Waals surface area contributed by atoms with Crippen molar-refractivity contribution in [3.63, 3.8) is 0 Å². The van der Waals surface area contributed by atoms with E-state index in [0.29, 0.717) is 42.8 Å². The van der Waals surface area contributed by atoms with Crippen LogP contribution in [-0.2, 0) is 27.5 Å². The molecule has 1 spiro atoms. The average Bonchev–Trinajstić information content (AvgIpc) is 3.88. The predicted octanol–water partition coefficient (Wildman–Crippen LogP) is 5.11. The Balaban J connectivity index is 1.30. The van der Waals surface area contributed by atoms with Crippen molar-refractivity contribution < 1.29 is 24.2 Å². The first kappa shape index (κ1) is 36.4. The van der Waals surface area contributed by atoms with Crippen LogP contribution in [0.5, 0.6) is 5.75 Å². The van der Waals surface area contributed by atoms with E-state index in [2.05, 4.69) is 30.4 Å². The molecule has 4 aromatic rings. The first-order valence-electron chi connectivity index (χ1n) is 18.2. The van der Waals surface area contributed by atoms with Crippen LogP contribution in [-0.4, -0.2) is 95.5 Å². The molecule has 6 atom stereocenters. The minimum Gasteiger partial charge on any atom is -0.494 e. The van der Waals surface area contributed by atoms with Gasteiger partial charge in [-0.25, -0.2) is 4.68 Å². The standard InChI is InChI=1S/C41H46N6O5S/c1-5-23-44(27-46-33-16-12-11-15-32(33)42-43-46)39(51)36-41-22-21-40(4,53-41)34(37(49)45(24-6-2)29-17-19-31(20-18-29)52-7-3)35(41)38(50)47(36)30(26-48)25-28-13-9-8-10-14-28/h5-6,8-20,30,34-36,48H,1-2,7,21-27H2,3-4H3/t30-,34+,35+,36?,40-,41?/m1/s1. The van der Waals surface area contributed by atoms with Crippen molar-refractivity contribution in [2.45, 2.75) is 61.4 Å². The van der Waals surface area contributed by atoms with Gasteiger partial charge in [0.05, 0.1) is 41.4 Å². The Kier molecular flexibility index (Phi) is 10.2.